The lowest BCUT2D eigenvalue weighted by Gasteiger charge is -2.25. The second-order valence-electron chi connectivity index (χ2n) is 4.91. The van der Waals surface area contributed by atoms with E-state index in [2.05, 4.69) is 31.6 Å². The molecule has 0 saturated carbocycles. The number of anilines is 1. The summed E-state index contributed by atoms with van der Waals surface area (Å²) in [6.45, 7) is 3.82. The van der Waals surface area contributed by atoms with Crippen molar-refractivity contribution < 1.29 is 0 Å². The van der Waals surface area contributed by atoms with Crippen LogP contribution in [0.15, 0.2) is 12.5 Å². The Kier molecular flexibility index (Phi) is 2.20. The van der Waals surface area contributed by atoms with Gasteiger partial charge in [-0.3, -0.25) is 0 Å². The van der Waals surface area contributed by atoms with E-state index in [0.29, 0.717) is 0 Å². The van der Waals surface area contributed by atoms with E-state index in [0.717, 1.165) is 41.0 Å². The Morgan fingerprint density at radius 1 is 1.37 bits per heavy atom. The molecule has 0 saturated heterocycles. The number of rotatable bonds is 1. The third-order valence-electron chi connectivity index (χ3n) is 3.53. The smallest absolute Gasteiger partial charge is 0.214 e. The van der Waals surface area contributed by atoms with Gasteiger partial charge in [0.05, 0.1) is 30.5 Å². The van der Waals surface area contributed by atoms with Crippen LogP contribution in [0.5, 0.6) is 0 Å². The minimum atomic E-state index is 0.839. The molecule has 3 aromatic rings. The second-order valence-corrected chi connectivity index (χ2v) is 5.85. The van der Waals surface area contributed by atoms with Gasteiger partial charge in [-0.2, -0.15) is 0 Å². The number of aromatic nitrogens is 5. The molecule has 0 aliphatic carbocycles. The summed E-state index contributed by atoms with van der Waals surface area (Å²) in [5.41, 5.74) is 3.52. The summed E-state index contributed by atoms with van der Waals surface area (Å²) < 4.78 is 3.98. The van der Waals surface area contributed by atoms with E-state index in [1.165, 1.54) is 5.69 Å². The Balaban J connectivity index is 1.68. The van der Waals surface area contributed by atoms with Crippen molar-refractivity contribution in [1.82, 2.24) is 24.1 Å². The minimum absolute atomic E-state index is 0.839. The summed E-state index contributed by atoms with van der Waals surface area (Å²) in [6, 6.07) is 0. The first-order valence-electron chi connectivity index (χ1n) is 6.27. The van der Waals surface area contributed by atoms with Crippen LogP contribution in [0.3, 0.4) is 0 Å². The SMILES string of the molecule is Cc1cn2nc(N3CCc4c(ncn4C)C3)sc2n1. The van der Waals surface area contributed by atoms with Gasteiger partial charge >= 0.3 is 0 Å². The van der Waals surface area contributed by atoms with E-state index in [1.807, 2.05) is 24.0 Å². The molecule has 0 amide bonds. The van der Waals surface area contributed by atoms with Gasteiger partial charge in [0.1, 0.15) is 0 Å². The summed E-state index contributed by atoms with van der Waals surface area (Å²) in [5, 5.41) is 5.63. The van der Waals surface area contributed by atoms with Crippen LogP contribution in [0.25, 0.3) is 4.96 Å². The van der Waals surface area contributed by atoms with Gasteiger partial charge in [0.2, 0.25) is 10.1 Å². The first-order chi connectivity index (χ1) is 9.20. The highest BCUT2D eigenvalue weighted by atomic mass is 32.1. The van der Waals surface area contributed by atoms with Crippen LogP contribution < -0.4 is 4.90 Å². The molecule has 3 aromatic heterocycles. The van der Waals surface area contributed by atoms with Crippen molar-refractivity contribution in [2.75, 3.05) is 11.4 Å². The summed E-state index contributed by atoms with van der Waals surface area (Å²) >= 11 is 1.64. The average Bonchev–Trinajstić information content (AvgIpc) is 3.02. The lowest BCUT2D eigenvalue weighted by atomic mass is 10.1. The van der Waals surface area contributed by atoms with Crippen LogP contribution in [-0.2, 0) is 20.0 Å². The molecule has 0 spiro atoms. The third-order valence-corrected chi connectivity index (χ3v) is 4.51. The predicted molar refractivity (Wildman–Crippen MR) is 73.6 cm³/mol. The van der Waals surface area contributed by atoms with Crippen LogP contribution in [0.4, 0.5) is 5.13 Å². The van der Waals surface area contributed by atoms with Crippen molar-refractivity contribution in [2.45, 2.75) is 19.9 Å². The summed E-state index contributed by atoms with van der Waals surface area (Å²) in [4.78, 5) is 12.2. The largest absolute Gasteiger partial charge is 0.340 e. The standard InChI is InChI=1S/C12H14N6S/c1-8-5-18-11(14-8)19-12(15-18)17-4-3-10-9(6-17)13-7-16(10)2/h5,7H,3-4,6H2,1-2H3. The molecule has 1 aliphatic heterocycles. The molecule has 0 unspecified atom stereocenters. The number of hydrogen-bond acceptors (Lipinski definition) is 5. The van der Waals surface area contributed by atoms with Gasteiger partial charge in [-0.05, 0) is 6.92 Å². The second kappa shape index (κ2) is 3.80. The highest BCUT2D eigenvalue weighted by Crippen LogP contribution is 2.27. The lowest BCUT2D eigenvalue weighted by molar-refractivity contribution is 0.676. The van der Waals surface area contributed by atoms with Crippen molar-refractivity contribution >= 4 is 21.4 Å². The Morgan fingerprint density at radius 3 is 3.11 bits per heavy atom. The number of fused-ring (bicyclic) bond motifs is 2. The maximum atomic E-state index is 4.60. The number of hydrogen-bond donors (Lipinski definition) is 0. The van der Waals surface area contributed by atoms with Gasteiger partial charge in [0.25, 0.3) is 0 Å². The van der Waals surface area contributed by atoms with Crippen LogP contribution in [0.1, 0.15) is 17.1 Å². The lowest BCUT2D eigenvalue weighted by Crippen LogP contribution is -2.31. The number of imidazole rings is 2. The molecular weight excluding hydrogens is 260 g/mol. The molecule has 0 aromatic carbocycles. The molecule has 0 N–H and O–H groups in total. The van der Waals surface area contributed by atoms with Crippen LogP contribution in [0, 0.1) is 6.92 Å². The van der Waals surface area contributed by atoms with Crippen molar-refractivity contribution in [3.05, 3.63) is 29.6 Å². The summed E-state index contributed by atoms with van der Waals surface area (Å²) in [7, 11) is 2.06. The molecule has 4 rings (SSSR count). The summed E-state index contributed by atoms with van der Waals surface area (Å²) in [5.74, 6) is 0. The average molecular weight is 274 g/mol. The van der Waals surface area contributed by atoms with Crippen molar-refractivity contribution in [2.24, 2.45) is 7.05 Å². The first kappa shape index (κ1) is 11.0. The number of aryl methyl sites for hydroxylation is 2. The highest BCUT2D eigenvalue weighted by molar-refractivity contribution is 7.20. The Morgan fingerprint density at radius 2 is 2.26 bits per heavy atom. The fourth-order valence-corrected chi connectivity index (χ4v) is 3.50. The van der Waals surface area contributed by atoms with Crippen LogP contribution in [-0.4, -0.2) is 30.7 Å². The Bertz CT molecular complexity index is 720. The predicted octanol–water partition coefficient (Wildman–Crippen LogP) is 1.40. The van der Waals surface area contributed by atoms with Gasteiger partial charge < -0.3 is 9.47 Å². The molecule has 98 valence electrons. The van der Waals surface area contributed by atoms with Crippen molar-refractivity contribution in [1.29, 1.82) is 0 Å². The van der Waals surface area contributed by atoms with Crippen molar-refractivity contribution in [3.63, 3.8) is 0 Å². The quantitative estimate of drug-likeness (QED) is 0.673. The Hall–Kier alpha value is -1.89. The normalized spacial score (nSPS) is 15.2. The van der Waals surface area contributed by atoms with Gasteiger partial charge in [-0.15, -0.1) is 5.10 Å². The van der Waals surface area contributed by atoms with Gasteiger partial charge in [0.15, 0.2) is 0 Å². The molecule has 0 atom stereocenters. The molecule has 19 heavy (non-hydrogen) atoms. The van der Waals surface area contributed by atoms with E-state index in [1.54, 1.807) is 11.3 Å². The summed E-state index contributed by atoms with van der Waals surface area (Å²) in [6.07, 6.45) is 4.88. The van der Waals surface area contributed by atoms with E-state index in [9.17, 15) is 0 Å². The van der Waals surface area contributed by atoms with E-state index >= 15 is 0 Å². The van der Waals surface area contributed by atoms with E-state index < -0.39 is 0 Å². The molecule has 7 heteroatoms. The molecule has 0 bridgehead atoms. The molecular formula is C12H14N6S. The number of nitrogens with zero attached hydrogens (tertiary/aromatic N) is 6. The van der Waals surface area contributed by atoms with Gasteiger partial charge in [-0.25, -0.2) is 14.5 Å². The zero-order valence-corrected chi connectivity index (χ0v) is 11.7. The van der Waals surface area contributed by atoms with Gasteiger partial charge in [-0.1, -0.05) is 11.3 Å². The zero-order valence-electron chi connectivity index (χ0n) is 10.9. The third kappa shape index (κ3) is 1.65. The van der Waals surface area contributed by atoms with Crippen molar-refractivity contribution in [3.8, 4) is 0 Å². The topological polar surface area (TPSA) is 51.2 Å². The first-order valence-corrected chi connectivity index (χ1v) is 7.09. The molecule has 0 radical (unpaired) electrons. The van der Waals surface area contributed by atoms with E-state index in [4.69, 9.17) is 0 Å². The maximum Gasteiger partial charge on any atom is 0.214 e. The van der Waals surface area contributed by atoms with E-state index in [-0.39, 0.29) is 0 Å². The molecule has 6 nitrogen and oxygen atoms in total. The molecule has 1 aliphatic rings. The fraction of sp³-hybridized carbons (Fsp3) is 0.417. The van der Waals surface area contributed by atoms with Crippen LogP contribution >= 0.6 is 11.3 Å². The van der Waals surface area contributed by atoms with Crippen LogP contribution in [0.2, 0.25) is 0 Å². The molecule has 4 heterocycles. The highest BCUT2D eigenvalue weighted by Gasteiger charge is 2.22. The zero-order chi connectivity index (χ0) is 13.0. The van der Waals surface area contributed by atoms with Gasteiger partial charge in [0, 0.05) is 25.7 Å². The monoisotopic (exact) mass is 274 g/mol. The fourth-order valence-electron chi connectivity index (χ4n) is 2.55. The maximum absolute atomic E-state index is 4.60. The molecule has 0 fully saturated rings. The minimum Gasteiger partial charge on any atom is -0.340 e. The Labute approximate surface area is 114 Å².